The lowest BCUT2D eigenvalue weighted by atomic mass is 9.48. The number of benzene rings is 9. The smallest absolute Gasteiger partial charge is 0.123 e. The molecule has 0 aromatic heterocycles. The van der Waals surface area contributed by atoms with Gasteiger partial charge in [-0.05, 0) is 116 Å². The zero-order valence-electron chi connectivity index (χ0n) is 48.2. The lowest BCUT2D eigenvalue weighted by Crippen LogP contribution is -2.52. The summed E-state index contributed by atoms with van der Waals surface area (Å²) < 4.78 is 60.4. The van der Waals surface area contributed by atoms with Crippen LogP contribution in [-0.2, 0) is 65.9 Å². The van der Waals surface area contributed by atoms with E-state index in [2.05, 4.69) is 135 Å². The molecule has 428 valence electrons. The molecule has 0 N–H and O–H groups in total. The summed E-state index contributed by atoms with van der Waals surface area (Å²) >= 11 is 0. The van der Waals surface area contributed by atoms with Crippen molar-refractivity contribution in [3.05, 3.63) is 309 Å². The normalized spacial score (nSPS) is 18.9. The average Bonchev–Trinajstić information content (AvgIpc) is 1.67. The third kappa shape index (κ3) is 12.0. The van der Waals surface area contributed by atoms with Crippen molar-refractivity contribution in [3.8, 4) is 34.5 Å². The molecule has 85 heavy (non-hydrogen) atoms. The third-order valence-corrected chi connectivity index (χ3v) is 17.0. The molecule has 16 rings (SSSR count). The Morgan fingerprint density at radius 3 is 1.07 bits per heavy atom. The van der Waals surface area contributed by atoms with Gasteiger partial charge in [-0.1, -0.05) is 190 Å². The van der Waals surface area contributed by atoms with Crippen molar-refractivity contribution < 1.29 is 42.6 Å². The molecule has 9 heteroatoms. The molecule has 6 aliphatic carbocycles. The third-order valence-electron chi connectivity index (χ3n) is 17.0. The zero-order valence-corrected chi connectivity index (χ0v) is 48.2. The Morgan fingerprint density at radius 2 is 0.694 bits per heavy atom. The number of hydrogen-bond donors (Lipinski definition) is 0. The summed E-state index contributed by atoms with van der Waals surface area (Å²) in [5.41, 5.74) is 11.1. The van der Waals surface area contributed by atoms with E-state index in [9.17, 15) is 0 Å². The summed E-state index contributed by atoms with van der Waals surface area (Å²) in [7, 11) is 0. The van der Waals surface area contributed by atoms with Crippen LogP contribution in [-0.4, -0.2) is 19.8 Å². The van der Waals surface area contributed by atoms with Crippen LogP contribution in [0.2, 0.25) is 0 Å². The van der Waals surface area contributed by atoms with Gasteiger partial charge in [0.2, 0.25) is 0 Å². The Kier molecular flexibility index (Phi) is 16.2. The Hall–Kier alpha value is -9.18. The molecule has 1 saturated heterocycles. The molecule has 9 nitrogen and oxygen atoms in total. The highest BCUT2D eigenvalue weighted by Gasteiger charge is 2.65. The standard InChI is InChI=1S/C76H70O9/c1-3-53(2)43-84-71-41-75-42-72(74(71)73-67-28-16-18-30-69(67)76(75,52-77-51-75)70-31-19-17-29-68(70)73)85-50-60-36-65(82-48-58-32-61(78-44-54-20-8-4-9-21-54)38-62(33-58)79-45-55-22-10-5-11-23-55)40-66(37-60)83-49-59-34-63(80-46-56-24-12-6-13-25-56)39-64(35-59)81-47-57-26-14-7-15-27-57/h4-42,53,73-74H,3,43-52H2,1-2H3/t53-,73?,74+,75-,76?/m0/s1. The van der Waals surface area contributed by atoms with E-state index in [1.807, 2.05) is 115 Å². The maximum absolute atomic E-state index is 7.34. The van der Waals surface area contributed by atoms with Crippen LogP contribution in [0.4, 0.5) is 0 Å². The summed E-state index contributed by atoms with van der Waals surface area (Å²) in [5.74, 6) is 5.86. The number of ether oxygens (including phenoxy) is 9. The number of rotatable bonds is 25. The molecular weight excluding hydrogens is 1060 g/mol. The molecule has 4 bridgehead atoms. The monoisotopic (exact) mass is 1130 g/mol. The lowest BCUT2D eigenvalue weighted by Gasteiger charge is -2.54. The fraction of sp³-hybridized carbons (Fsp3) is 0.237. The summed E-state index contributed by atoms with van der Waals surface area (Å²) in [5, 5.41) is 0. The molecule has 9 aromatic rings. The SMILES string of the molecule is CC[C@H](C)COC1=C[C@@]23C=C(OCc4cc(OCc5cc(OCc6ccccc6)cc(OCc6ccccc6)c5)cc(OCc5cc(OCc6ccccc6)cc(OCc6ccccc6)c5)c4)[C@@H]1C1c4ccccc4C2(COC3)c2ccccc21. The molecule has 0 unspecified atom stereocenters. The first-order valence-electron chi connectivity index (χ1n) is 29.7. The Labute approximate surface area is 499 Å². The predicted molar refractivity (Wildman–Crippen MR) is 330 cm³/mol. The van der Waals surface area contributed by atoms with Crippen LogP contribution in [0.25, 0.3) is 0 Å². The van der Waals surface area contributed by atoms with Crippen LogP contribution in [0.1, 0.15) is 87.4 Å². The van der Waals surface area contributed by atoms with Gasteiger partial charge in [0.05, 0.1) is 36.6 Å². The van der Waals surface area contributed by atoms with Crippen molar-refractivity contribution in [2.24, 2.45) is 17.3 Å². The molecule has 9 aromatic carbocycles. The second-order valence-corrected chi connectivity index (χ2v) is 22.9. The molecule has 1 fully saturated rings. The van der Waals surface area contributed by atoms with Gasteiger partial charge in [0.1, 0.15) is 92.3 Å². The first kappa shape index (κ1) is 55.0. The molecule has 7 aliphatic rings. The van der Waals surface area contributed by atoms with Crippen LogP contribution in [0, 0.1) is 17.3 Å². The van der Waals surface area contributed by atoms with Crippen molar-refractivity contribution in [1.29, 1.82) is 0 Å². The van der Waals surface area contributed by atoms with Gasteiger partial charge < -0.3 is 42.6 Å². The highest BCUT2D eigenvalue weighted by molar-refractivity contribution is 5.65. The van der Waals surface area contributed by atoms with Gasteiger partial charge in [0.25, 0.3) is 0 Å². The molecule has 1 aliphatic heterocycles. The van der Waals surface area contributed by atoms with Crippen molar-refractivity contribution in [2.75, 3.05) is 19.8 Å². The van der Waals surface area contributed by atoms with E-state index in [0.29, 0.717) is 86.7 Å². The minimum atomic E-state index is -0.577. The first-order chi connectivity index (χ1) is 41.9. The largest absolute Gasteiger partial charge is 0.497 e. The van der Waals surface area contributed by atoms with E-state index in [-0.39, 0.29) is 31.7 Å². The van der Waals surface area contributed by atoms with E-state index in [4.69, 9.17) is 42.6 Å². The second kappa shape index (κ2) is 25.0. The van der Waals surface area contributed by atoms with Gasteiger partial charge in [-0.15, -0.1) is 0 Å². The zero-order chi connectivity index (χ0) is 57.4. The molecule has 0 radical (unpaired) electrons. The molecule has 0 amide bonds. The van der Waals surface area contributed by atoms with E-state index in [1.165, 1.54) is 22.3 Å². The van der Waals surface area contributed by atoms with Gasteiger partial charge in [0.15, 0.2) is 0 Å². The van der Waals surface area contributed by atoms with Gasteiger partial charge >= 0.3 is 0 Å². The number of hydrogen-bond acceptors (Lipinski definition) is 9. The molecular formula is C76H70O9. The minimum absolute atomic E-state index is 0.0529. The van der Waals surface area contributed by atoms with E-state index >= 15 is 0 Å². The van der Waals surface area contributed by atoms with E-state index in [1.54, 1.807) is 0 Å². The van der Waals surface area contributed by atoms with Crippen LogP contribution in [0.5, 0.6) is 34.5 Å². The van der Waals surface area contributed by atoms with Crippen LogP contribution in [0.3, 0.4) is 0 Å². The van der Waals surface area contributed by atoms with Gasteiger partial charge in [-0.25, -0.2) is 0 Å². The van der Waals surface area contributed by atoms with Crippen molar-refractivity contribution in [3.63, 3.8) is 0 Å². The fourth-order valence-electron chi connectivity index (χ4n) is 12.5. The van der Waals surface area contributed by atoms with Crippen LogP contribution in [0.15, 0.2) is 248 Å². The summed E-state index contributed by atoms with van der Waals surface area (Å²) in [6.45, 7) is 8.41. The molecule has 3 atom stereocenters. The first-order valence-corrected chi connectivity index (χ1v) is 29.7. The second-order valence-electron chi connectivity index (χ2n) is 22.9. The Morgan fingerprint density at radius 1 is 0.365 bits per heavy atom. The summed E-state index contributed by atoms with van der Waals surface area (Å²) in [6, 6.07) is 76.6. The molecule has 0 saturated carbocycles. The average molecular weight is 1130 g/mol. The molecule has 2 spiro atoms. The Bertz CT molecular complexity index is 3480. The maximum atomic E-state index is 7.34. The Balaban J connectivity index is 0.832. The van der Waals surface area contributed by atoms with Gasteiger partial charge in [0, 0.05) is 24.1 Å². The van der Waals surface area contributed by atoms with Crippen LogP contribution < -0.4 is 28.4 Å². The van der Waals surface area contributed by atoms with Gasteiger partial charge in [-0.3, -0.25) is 0 Å². The predicted octanol–water partition coefficient (Wildman–Crippen LogP) is 16.6. The van der Waals surface area contributed by atoms with Gasteiger partial charge in [-0.2, -0.15) is 0 Å². The topological polar surface area (TPSA) is 83.1 Å². The quantitative estimate of drug-likeness (QED) is 0.0556. The fourth-order valence-corrected chi connectivity index (χ4v) is 12.5. The summed E-state index contributed by atoms with van der Waals surface area (Å²) in [6.07, 6.45) is 5.80. The lowest BCUT2D eigenvalue weighted by molar-refractivity contribution is 0.0863. The van der Waals surface area contributed by atoms with E-state index < -0.39 is 10.8 Å². The highest BCUT2D eigenvalue weighted by Crippen LogP contribution is 2.67. The van der Waals surface area contributed by atoms with Crippen molar-refractivity contribution in [2.45, 2.75) is 77.8 Å². The van der Waals surface area contributed by atoms with Crippen molar-refractivity contribution in [1.82, 2.24) is 0 Å². The highest BCUT2D eigenvalue weighted by atomic mass is 16.5. The molecule has 1 heterocycles. The minimum Gasteiger partial charge on any atom is -0.497 e. The van der Waals surface area contributed by atoms with E-state index in [0.717, 1.165) is 56.9 Å². The summed E-state index contributed by atoms with van der Waals surface area (Å²) in [4.78, 5) is 0. The van der Waals surface area contributed by atoms with Crippen LogP contribution >= 0.6 is 0 Å². The maximum Gasteiger partial charge on any atom is 0.123 e. The van der Waals surface area contributed by atoms with Crippen molar-refractivity contribution >= 4 is 0 Å².